The van der Waals surface area contributed by atoms with E-state index in [1.165, 1.54) is 45.0 Å². The Bertz CT molecular complexity index is 2010. The van der Waals surface area contributed by atoms with Crippen molar-refractivity contribution in [3.63, 3.8) is 0 Å². The Kier molecular flexibility index (Phi) is 15.1. The van der Waals surface area contributed by atoms with Crippen molar-refractivity contribution in [2.24, 2.45) is 23.2 Å². The zero-order valence-electron chi connectivity index (χ0n) is 36.2. The fourth-order valence-electron chi connectivity index (χ4n) is 8.16. The number of ether oxygens (including phenoxy) is 7. The van der Waals surface area contributed by atoms with E-state index >= 15 is 0 Å². The van der Waals surface area contributed by atoms with E-state index in [1.807, 2.05) is 0 Å². The number of esters is 7. The van der Waals surface area contributed by atoms with Gasteiger partial charge in [0.25, 0.3) is 0 Å². The first-order valence-electron chi connectivity index (χ1n) is 20.0. The van der Waals surface area contributed by atoms with Crippen LogP contribution in [0.25, 0.3) is 0 Å². The van der Waals surface area contributed by atoms with Crippen LogP contribution < -0.4 is 0 Å². The summed E-state index contributed by atoms with van der Waals surface area (Å²) in [4.78, 5) is 94.0. The molecule has 2 aromatic carbocycles. The monoisotopic (exact) mass is 848 g/mol. The number of fused-ring (bicyclic) bond motifs is 1. The molecule has 10 atom stereocenters. The molecule has 0 spiro atoms. The SMILES string of the molecule is C=C1[C@H](OC(=O)C(C)C)[C@@H](OC(C)=O)[C@@H](OC(C)=O)C(C)(C)/C=C/[C@H](C)[C@H](OC(=O)c2ccccc2)[C@@]2(O)C[C@@](C)(OC(C)=O)[C@H](OC(C)=O)[C@@H]2[C@H]1OC(=O)c1ccccc1. The van der Waals surface area contributed by atoms with Gasteiger partial charge in [-0.25, -0.2) is 9.59 Å². The number of benzene rings is 2. The summed E-state index contributed by atoms with van der Waals surface area (Å²) in [6.07, 6.45) is -7.61. The van der Waals surface area contributed by atoms with Gasteiger partial charge in [0.2, 0.25) is 0 Å². The molecule has 15 heteroatoms. The van der Waals surface area contributed by atoms with Gasteiger partial charge in [-0.05, 0) is 31.2 Å². The molecule has 0 radical (unpaired) electrons. The first-order valence-corrected chi connectivity index (χ1v) is 20.0. The van der Waals surface area contributed by atoms with Gasteiger partial charge in [0, 0.05) is 51.0 Å². The average Bonchev–Trinajstić information content (AvgIpc) is 3.38. The standard InChI is InChI=1S/C46H56O15/c1-25(2)41(51)59-36-27(4)35(58-42(52)32-18-14-12-15-19-32)34-39(56-29(6)48)45(11,61-31(8)50)24-46(34,54)38(60-43(53)33-20-16-13-17-21-33)26(3)22-23-44(9,10)40(57-30(7)49)37(36)55-28(5)47/h12-23,25-26,34-40,54H,4,24H2,1-3,5-11H3/b23-22+/t26-,34-,35-,36-,37+,38-,39+,40+,45+,46+/m0/s1. The topological polar surface area (TPSA) is 204 Å². The Morgan fingerprint density at radius 1 is 0.656 bits per heavy atom. The fraction of sp³-hybridized carbons (Fsp3) is 0.500. The lowest BCUT2D eigenvalue weighted by Crippen LogP contribution is -2.60. The maximum atomic E-state index is 14.3. The quantitative estimate of drug-likeness (QED) is 0.174. The summed E-state index contributed by atoms with van der Waals surface area (Å²) < 4.78 is 42.3. The fourth-order valence-corrected chi connectivity index (χ4v) is 8.16. The van der Waals surface area contributed by atoms with Crippen LogP contribution in [0.1, 0.15) is 96.4 Å². The molecule has 61 heavy (non-hydrogen) atoms. The van der Waals surface area contributed by atoms with Gasteiger partial charge in [-0.3, -0.25) is 24.0 Å². The first-order chi connectivity index (χ1) is 28.4. The van der Waals surface area contributed by atoms with Crippen LogP contribution in [0, 0.1) is 23.2 Å². The zero-order valence-corrected chi connectivity index (χ0v) is 36.2. The van der Waals surface area contributed by atoms with Crippen LogP contribution in [0.15, 0.2) is 85.0 Å². The van der Waals surface area contributed by atoms with Crippen molar-refractivity contribution in [3.8, 4) is 0 Å². The molecule has 0 aliphatic heterocycles. The van der Waals surface area contributed by atoms with Crippen molar-refractivity contribution >= 4 is 41.8 Å². The van der Waals surface area contributed by atoms with E-state index in [0.29, 0.717) is 0 Å². The summed E-state index contributed by atoms with van der Waals surface area (Å²) in [6, 6.07) is 15.6. The maximum absolute atomic E-state index is 14.3. The van der Waals surface area contributed by atoms with Gasteiger partial charge in [0.05, 0.1) is 23.0 Å². The molecule has 2 aliphatic rings. The van der Waals surface area contributed by atoms with Crippen LogP contribution in [-0.2, 0) is 57.1 Å². The third-order valence-corrected chi connectivity index (χ3v) is 10.8. The van der Waals surface area contributed by atoms with E-state index in [4.69, 9.17) is 33.2 Å². The number of hydrogen-bond donors (Lipinski definition) is 1. The number of rotatable bonds is 10. The van der Waals surface area contributed by atoms with Gasteiger partial charge < -0.3 is 38.3 Å². The number of aliphatic hydroxyl groups is 1. The summed E-state index contributed by atoms with van der Waals surface area (Å²) in [5.41, 5.74) is -5.91. The second-order valence-electron chi connectivity index (χ2n) is 16.7. The van der Waals surface area contributed by atoms with Gasteiger partial charge in [0.15, 0.2) is 24.4 Å². The zero-order chi connectivity index (χ0) is 45.6. The normalized spacial score (nSPS) is 30.2. The molecule has 2 aromatic rings. The van der Waals surface area contributed by atoms with E-state index < -0.39 is 119 Å². The van der Waals surface area contributed by atoms with Gasteiger partial charge >= 0.3 is 41.8 Å². The van der Waals surface area contributed by atoms with Crippen LogP contribution in [0.5, 0.6) is 0 Å². The third kappa shape index (κ3) is 11.1. The molecule has 0 saturated heterocycles. The van der Waals surface area contributed by atoms with Gasteiger partial charge in [-0.1, -0.05) is 89.7 Å². The van der Waals surface area contributed by atoms with Gasteiger partial charge in [0.1, 0.15) is 23.4 Å². The summed E-state index contributed by atoms with van der Waals surface area (Å²) >= 11 is 0. The lowest BCUT2D eigenvalue weighted by atomic mass is 9.71. The molecule has 15 nitrogen and oxygen atoms in total. The molecule has 4 rings (SSSR count). The second kappa shape index (κ2) is 19.3. The number of carbonyl (C=O) groups is 7. The molecule has 1 saturated carbocycles. The van der Waals surface area contributed by atoms with E-state index in [2.05, 4.69) is 6.58 Å². The van der Waals surface area contributed by atoms with E-state index in [-0.39, 0.29) is 16.7 Å². The van der Waals surface area contributed by atoms with E-state index in [0.717, 1.165) is 27.7 Å². The highest BCUT2D eigenvalue weighted by molar-refractivity contribution is 5.90. The van der Waals surface area contributed by atoms with Crippen molar-refractivity contribution < 1.29 is 71.8 Å². The maximum Gasteiger partial charge on any atom is 0.338 e. The molecule has 330 valence electrons. The molecule has 0 amide bonds. The predicted molar refractivity (Wildman–Crippen MR) is 217 cm³/mol. The Morgan fingerprint density at radius 3 is 1.62 bits per heavy atom. The minimum atomic E-state index is -2.47. The van der Waals surface area contributed by atoms with Crippen molar-refractivity contribution in [1.82, 2.24) is 0 Å². The second-order valence-corrected chi connectivity index (χ2v) is 16.7. The minimum absolute atomic E-state index is 0.0178. The third-order valence-electron chi connectivity index (χ3n) is 10.8. The summed E-state index contributed by atoms with van der Waals surface area (Å²) in [7, 11) is 0. The Morgan fingerprint density at radius 2 is 1.15 bits per heavy atom. The highest BCUT2D eigenvalue weighted by atomic mass is 16.6. The lowest BCUT2D eigenvalue weighted by Gasteiger charge is -2.46. The smallest absolute Gasteiger partial charge is 0.338 e. The largest absolute Gasteiger partial charge is 0.458 e. The van der Waals surface area contributed by atoms with E-state index in [1.54, 1.807) is 69.3 Å². The Hall–Kier alpha value is -5.83. The molecular formula is C46H56O15. The minimum Gasteiger partial charge on any atom is -0.458 e. The summed E-state index contributed by atoms with van der Waals surface area (Å²) in [5, 5.41) is 13.6. The Balaban J connectivity index is 2.21. The lowest BCUT2D eigenvalue weighted by molar-refractivity contribution is -0.194. The average molecular weight is 849 g/mol. The molecule has 0 bridgehead atoms. The van der Waals surface area contributed by atoms with Crippen LogP contribution >= 0.6 is 0 Å². The highest BCUT2D eigenvalue weighted by Crippen LogP contribution is 2.54. The van der Waals surface area contributed by atoms with Crippen molar-refractivity contribution in [1.29, 1.82) is 0 Å². The van der Waals surface area contributed by atoms with E-state index in [9.17, 15) is 38.7 Å². The molecule has 2 aliphatic carbocycles. The molecule has 0 unspecified atom stereocenters. The number of hydrogen-bond acceptors (Lipinski definition) is 15. The molecule has 0 heterocycles. The van der Waals surface area contributed by atoms with Crippen molar-refractivity contribution in [2.45, 2.75) is 123 Å². The first kappa shape index (κ1) is 47.8. The van der Waals surface area contributed by atoms with Crippen LogP contribution in [0.2, 0.25) is 0 Å². The summed E-state index contributed by atoms with van der Waals surface area (Å²) in [5.74, 6) is -9.68. The van der Waals surface area contributed by atoms with Crippen molar-refractivity contribution in [2.75, 3.05) is 0 Å². The van der Waals surface area contributed by atoms with Gasteiger partial charge in [-0.15, -0.1) is 0 Å². The molecular weight excluding hydrogens is 792 g/mol. The predicted octanol–water partition coefficient (Wildman–Crippen LogP) is 5.66. The Labute approximate surface area is 355 Å². The molecule has 1 N–H and O–H groups in total. The van der Waals surface area contributed by atoms with Crippen LogP contribution in [-0.4, -0.2) is 94.7 Å². The number of carbonyl (C=O) groups excluding carboxylic acids is 7. The van der Waals surface area contributed by atoms with Crippen LogP contribution in [0.3, 0.4) is 0 Å². The molecule has 1 fully saturated rings. The molecule has 0 aromatic heterocycles. The van der Waals surface area contributed by atoms with Crippen LogP contribution in [0.4, 0.5) is 0 Å². The highest BCUT2D eigenvalue weighted by Gasteiger charge is 2.70. The van der Waals surface area contributed by atoms with Crippen molar-refractivity contribution in [3.05, 3.63) is 96.1 Å². The summed E-state index contributed by atoms with van der Waals surface area (Å²) in [6.45, 7) is 18.1. The van der Waals surface area contributed by atoms with Gasteiger partial charge in [-0.2, -0.15) is 0 Å².